The van der Waals surface area contributed by atoms with Crippen LogP contribution >= 0.6 is 0 Å². The first kappa shape index (κ1) is 15.2. The first-order chi connectivity index (χ1) is 8.99. The number of amides is 2. The van der Waals surface area contributed by atoms with E-state index in [0.717, 1.165) is 12.0 Å². The molecule has 4 N–H and O–H groups in total. The van der Waals surface area contributed by atoms with Crippen LogP contribution in [0.1, 0.15) is 35.7 Å². The zero-order chi connectivity index (χ0) is 14.4. The van der Waals surface area contributed by atoms with Crippen LogP contribution in [-0.4, -0.2) is 24.9 Å². The van der Waals surface area contributed by atoms with Crippen molar-refractivity contribution >= 4 is 17.5 Å². The lowest BCUT2D eigenvalue weighted by Gasteiger charge is -2.13. The van der Waals surface area contributed by atoms with E-state index >= 15 is 0 Å². The fourth-order valence-electron chi connectivity index (χ4n) is 1.76. The molecule has 0 radical (unpaired) electrons. The van der Waals surface area contributed by atoms with E-state index in [0.29, 0.717) is 17.7 Å². The van der Waals surface area contributed by atoms with E-state index in [1.54, 1.807) is 25.2 Å². The van der Waals surface area contributed by atoms with Crippen molar-refractivity contribution in [2.24, 2.45) is 5.73 Å². The van der Waals surface area contributed by atoms with Crippen molar-refractivity contribution in [2.75, 3.05) is 12.4 Å². The summed E-state index contributed by atoms with van der Waals surface area (Å²) in [5.41, 5.74) is 7.83. The minimum atomic E-state index is -0.497. The third-order valence-corrected chi connectivity index (χ3v) is 2.91. The van der Waals surface area contributed by atoms with E-state index in [-0.39, 0.29) is 11.8 Å². The van der Waals surface area contributed by atoms with E-state index in [9.17, 15) is 9.59 Å². The Kier molecular flexibility index (Phi) is 5.51. The number of hydrogen-bond acceptors (Lipinski definition) is 3. The minimum Gasteiger partial charge on any atom is -0.355 e. The first-order valence-electron chi connectivity index (χ1n) is 6.38. The normalized spacial score (nSPS) is 11.8. The molecule has 1 atom stereocenters. The van der Waals surface area contributed by atoms with Gasteiger partial charge in [0.05, 0.1) is 6.04 Å². The number of hydrogen-bond donors (Lipinski definition) is 3. The lowest BCUT2D eigenvalue weighted by molar-refractivity contribution is -0.117. The van der Waals surface area contributed by atoms with Gasteiger partial charge in [0.25, 0.3) is 5.91 Å². The van der Waals surface area contributed by atoms with Gasteiger partial charge < -0.3 is 16.4 Å². The Bertz CT molecular complexity index is 472. The van der Waals surface area contributed by atoms with Crippen LogP contribution in [0.4, 0.5) is 5.69 Å². The molecular weight excluding hydrogens is 242 g/mol. The predicted molar refractivity (Wildman–Crippen MR) is 76.1 cm³/mol. The Hall–Kier alpha value is -1.88. The number of rotatable bonds is 5. The van der Waals surface area contributed by atoms with Gasteiger partial charge in [0, 0.05) is 18.3 Å². The van der Waals surface area contributed by atoms with Gasteiger partial charge in [-0.15, -0.1) is 0 Å². The van der Waals surface area contributed by atoms with Crippen LogP contribution in [0.5, 0.6) is 0 Å². The fourth-order valence-corrected chi connectivity index (χ4v) is 1.76. The molecule has 1 aromatic carbocycles. The number of nitrogens with two attached hydrogens (primary N) is 1. The maximum Gasteiger partial charge on any atom is 0.251 e. The summed E-state index contributed by atoms with van der Waals surface area (Å²) in [5, 5.41) is 5.34. The smallest absolute Gasteiger partial charge is 0.251 e. The average Bonchev–Trinajstić information content (AvgIpc) is 2.40. The van der Waals surface area contributed by atoms with Crippen molar-refractivity contribution < 1.29 is 9.59 Å². The second-order valence-corrected chi connectivity index (χ2v) is 4.49. The predicted octanol–water partition coefficient (Wildman–Crippen LogP) is 1.42. The Morgan fingerprint density at radius 3 is 2.58 bits per heavy atom. The summed E-state index contributed by atoms with van der Waals surface area (Å²) in [6, 6.07) is 4.63. The molecule has 0 aliphatic carbocycles. The third kappa shape index (κ3) is 4.06. The SMILES string of the molecule is CCC[C@H](N)C(=O)Nc1ccc(C(=O)NC)cc1C. The molecule has 1 rings (SSSR count). The van der Waals surface area contributed by atoms with Crippen LogP contribution in [0.25, 0.3) is 0 Å². The minimum absolute atomic E-state index is 0.149. The van der Waals surface area contributed by atoms with E-state index in [4.69, 9.17) is 5.73 Å². The molecule has 104 valence electrons. The standard InChI is InChI=1S/C14H21N3O2/c1-4-5-11(15)14(19)17-12-7-6-10(8-9(12)2)13(18)16-3/h6-8,11H,4-5,15H2,1-3H3,(H,16,18)(H,17,19)/t11-/m0/s1. The monoisotopic (exact) mass is 263 g/mol. The molecule has 0 unspecified atom stereocenters. The van der Waals surface area contributed by atoms with Crippen LogP contribution in [0, 0.1) is 6.92 Å². The van der Waals surface area contributed by atoms with Gasteiger partial charge in [-0.2, -0.15) is 0 Å². The zero-order valence-electron chi connectivity index (χ0n) is 11.6. The molecule has 0 aliphatic rings. The molecule has 5 heteroatoms. The van der Waals surface area contributed by atoms with E-state index in [1.807, 2.05) is 13.8 Å². The molecule has 0 heterocycles. The Morgan fingerprint density at radius 2 is 2.05 bits per heavy atom. The lowest BCUT2D eigenvalue weighted by Crippen LogP contribution is -2.35. The highest BCUT2D eigenvalue weighted by atomic mass is 16.2. The topological polar surface area (TPSA) is 84.2 Å². The van der Waals surface area contributed by atoms with Crippen molar-refractivity contribution in [2.45, 2.75) is 32.7 Å². The van der Waals surface area contributed by atoms with Crippen LogP contribution in [-0.2, 0) is 4.79 Å². The van der Waals surface area contributed by atoms with Crippen molar-refractivity contribution in [3.63, 3.8) is 0 Å². The molecule has 2 amide bonds. The van der Waals surface area contributed by atoms with Gasteiger partial charge in [0.15, 0.2) is 0 Å². The molecule has 19 heavy (non-hydrogen) atoms. The fraction of sp³-hybridized carbons (Fsp3) is 0.429. The van der Waals surface area contributed by atoms with Crippen molar-refractivity contribution in [1.82, 2.24) is 5.32 Å². The molecule has 0 aliphatic heterocycles. The molecule has 0 saturated carbocycles. The summed E-state index contributed by atoms with van der Waals surface area (Å²) in [7, 11) is 1.58. The van der Waals surface area contributed by atoms with E-state index in [1.165, 1.54) is 0 Å². The van der Waals surface area contributed by atoms with Gasteiger partial charge in [0.1, 0.15) is 0 Å². The Balaban J connectivity index is 2.80. The molecule has 0 saturated heterocycles. The van der Waals surface area contributed by atoms with Gasteiger partial charge in [-0.3, -0.25) is 9.59 Å². The number of carbonyl (C=O) groups is 2. The molecule has 1 aromatic rings. The maximum absolute atomic E-state index is 11.8. The molecule has 0 spiro atoms. The van der Waals surface area contributed by atoms with Crippen LogP contribution < -0.4 is 16.4 Å². The van der Waals surface area contributed by atoms with Crippen LogP contribution in [0.2, 0.25) is 0 Å². The van der Waals surface area contributed by atoms with Gasteiger partial charge >= 0.3 is 0 Å². The molecule has 0 fully saturated rings. The van der Waals surface area contributed by atoms with Gasteiger partial charge in [-0.1, -0.05) is 13.3 Å². The summed E-state index contributed by atoms with van der Waals surface area (Å²) >= 11 is 0. The van der Waals surface area contributed by atoms with Crippen molar-refractivity contribution in [3.8, 4) is 0 Å². The zero-order valence-corrected chi connectivity index (χ0v) is 11.6. The number of benzene rings is 1. The highest BCUT2D eigenvalue weighted by Gasteiger charge is 2.14. The highest BCUT2D eigenvalue weighted by Crippen LogP contribution is 2.17. The van der Waals surface area contributed by atoms with Crippen LogP contribution in [0.15, 0.2) is 18.2 Å². The number of nitrogens with one attached hydrogen (secondary N) is 2. The van der Waals surface area contributed by atoms with Crippen molar-refractivity contribution in [1.29, 1.82) is 0 Å². The van der Waals surface area contributed by atoms with E-state index < -0.39 is 6.04 Å². The average molecular weight is 263 g/mol. The number of carbonyl (C=O) groups excluding carboxylic acids is 2. The summed E-state index contributed by atoms with van der Waals surface area (Å²) in [6.45, 7) is 3.82. The largest absolute Gasteiger partial charge is 0.355 e. The third-order valence-electron chi connectivity index (χ3n) is 2.91. The maximum atomic E-state index is 11.8. The second kappa shape index (κ2) is 6.89. The Morgan fingerprint density at radius 1 is 1.37 bits per heavy atom. The number of anilines is 1. The molecule has 0 bridgehead atoms. The summed E-state index contributed by atoms with van der Waals surface area (Å²) in [5.74, 6) is -0.346. The van der Waals surface area contributed by atoms with Gasteiger partial charge in [-0.05, 0) is 37.1 Å². The summed E-state index contributed by atoms with van der Waals surface area (Å²) < 4.78 is 0. The first-order valence-corrected chi connectivity index (χ1v) is 6.38. The van der Waals surface area contributed by atoms with E-state index in [2.05, 4.69) is 10.6 Å². The van der Waals surface area contributed by atoms with Crippen LogP contribution in [0.3, 0.4) is 0 Å². The quantitative estimate of drug-likeness (QED) is 0.751. The lowest BCUT2D eigenvalue weighted by atomic mass is 10.1. The summed E-state index contributed by atoms with van der Waals surface area (Å²) in [6.07, 6.45) is 1.52. The molecule has 0 aromatic heterocycles. The Labute approximate surface area is 113 Å². The summed E-state index contributed by atoms with van der Waals surface area (Å²) in [4.78, 5) is 23.3. The second-order valence-electron chi connectivity index (χ2n) is 4.49. The molecule has 5 nitrogen and oxygen atoms in total. The highest BCUT2D eigenvalue weighted by molar-refractivity contribution is 5.97. The number of aryl methyl sites for hydroxylation is 1. The van der Waals surface area contributed by atoms with Gasteiger partial charge in [-0.25, -0.2) is 0 Å². The van der Waals surface area contributed by atoms with Gasteiger partial charge in [0.2, 0.25) is 5.91 Å². The molecular formula is C14H21N3O2. The van der Waals surface area contributed by atoms with Crippen molar-refractivity contribution in [3.05, 3.63) is 29.3 Å².